The molecule has 3 N–H and O–H groups in total. The lowest BCUT2D eigenvalue weighted by atomic mass is 10.3. The molecule has 1 rings (SSSR count). The minimum Gasteiger partial charge on any atom is -0.402 e. The Bertz CT molecular complexity index is 119. The van der Waals surface area contributed by atoms with Crippen molar-refractivity contribution < 1.29 is 15.1 Å². The first-order valence-electron chi connectivity index (χ1n) is 2.47. The minimum absolute atomic E-state index is 1.50. The predicted octanol–water partition coefficient (Wildman–Crippen LogP) is -1.58. The third-order valence-corrected chi connectivity index (χ3v) is 0.478. The lowest BCUT2D eigenvalue weighted by Gasteiger charge is -1.70. The zero-order valence-electron chi connectivity index (χ0n) is 5.12. The summed E-state index contributed by atoms with van der Waals surface area (Å²) in [6, 6.07) is 1.78. The fraction of sp³-hybridized carbons (Fsp3) is 0. The SMILES string of the molecule is OB(O)O.c1cncnc1. The van der Waals surface area contributed by atoms with Crippen molar-refractivity contribution >= 4 is 7.32 Å². The second-order valence-electron chi connectivity index (χ2n) is 1.25. The van der Waals surface area contributed by atoms with Crippen LogP contribution in [0, 0.1) is 0 Å². The van der Waals surface area contributed by atoms with Crippen LogP contribution < -0.4 is 0 Å². The summed E-state index contributed by atoms with van der Waals surface area (Å²) in [5, 5.41) is 21.5. The van der Waals surface area contributed by atoms with Gasteiger partial charge in [-0.3, -0.25) is 0 Å². The van der Waals surface area contributed by atoms with Crippen molar-refractivity contribution in [3.05, 3.63) is 24.8 Å². The predicted molar refractivity (Wildman–Crippen MR) is 34.4 cm³/mol. The molecule has 1 heterocycles. The van der Waals surface area contributed by atoms with E-state index in [1.807, 2.05) is 0 Å². The summed E-state index contributed by atoms with van der Waals surface area (Å²) < 4.78 is 0. The highest BCUT2D eigenvalue weighted by Gasteiger charge is 1.92. The van der Waals surface area contributed by atoms with Gasteiger partial charge < -0.3 is 15.1 Å². The van der Waals surface area contributed by atoms with Gasteiger partial charge in [0, 0.05) is 12.4 Å². The molecule has 0 saturated carbocycles. The van der Waals surface area contributed by atoms with Crippen molar-refractivity contribution in [2.75, 3.05) is 0 Å². The zero-order valence-corrected chi connectivity index (χ0v) is 5.12. The van der Waals surface area contributed by atoms with E-state index >= 15 is 0 Å². The molecule has 5 nitrogen and oxygen atoms in total. The topological polar surface area (TPSA) is 86.5 Å². The summed E-state index contributed by atoms with van der Waals surface area (Å²) in [4.78, 5) is 7.35. The normalized spacial score (nSPS) is 7.50. The van der Waals surface area contributed by atoms with Crippen LogP contribution in [0.2, 0.25) is 0 Å². The molecule has 1 aromatic rings. The molecule has 6 heteroatoms. The molecule has 10 heavy (non-hydrogen) atoms. The Morgan fingerprint density at radius 3 is 1.50 bits per heavy atom. The molecule has 0 aliphatic carbocycles. The summed E-state index contributed by atoms with van der Waals surface area (Å²) in [7, 11) is -2.17. The molecule has 0 aliphatic rings. The summed E-state index contributed by atoms with van der Waals surface area (Å²) in [5.74, 6) is 0. The maximum absolute atomic E-state index is 7.17. The van der Waals surface area contributed by atoms with Crippen molar-refractivity contribution in [2.24, 2.45) is 0 Å². The standard InChI is InChI=1S/C4H4N2.BH3O3/c1-2-5-4-6-3-1;2-1(3)4/h1-4H;2-4H. The van der Waals surface area contributed by atoms with Crippen LogP contribution in [0.3, 0.4) is 0 Å². The maximum Gasteiger partial charge on any atom is 0.631 e. The molecule has 0 radical (unpaired) electrons. The van der Waals surface area contributed by atoms with E-state index in [9.17, 15) is 0 Å². The smallest absolute Gasteiger partial charge is 0.402 e. The van der Waals surface area contributed by atoms with Crippen molar-refractivity contribution in [1.82, 2.24) is 9.97 Å². The van der Waals surface area contributed by atoms with Gasteiger partial charge in [0.15, 0.2) is 0 Å². The molecule has 0 spiro atoms. The quantitative estimate of drug-likeness (QED) is 0.380. The van der Waals surface area contributed by atoms with E-state index in [-0.39, 0.29) is 0 Å². The van der Waals surface area contributed by atoms with Gasteiger partial charge in [0.25, 0.3) is 0 Å². The van der Waals surface area contributed by atoms with E-state index in [0.29, 0.717) is 0 Å². The fourth-order valence-electron chi connectivity index (χ4n) is 0.253. The Morgan fingerprint density at radius 2 is 1.40 bits per heavy atom. The van der Waals surface area contributed by atoms with Crippen LogP contribution in [-0.2, 0) is 0 Å². The monoisotopic (exact) mass is 142 g/mol. The molecule has 0 aliphatic heterocycles. The molecule has 1 aromatic heterocycles. The molecule has 0 aromatic carbocycles. The van der Waals surface area contributed by atoms with Gasteiger partial charge in [0.05, 0.1) is 0 Å². The lowest BCUT2D eigenvalue weighted by molar-refractivity contribution is 0.278. The van der Waals surface area contributed by atoms with Gasteiger partial charge >= 0.3 is 7.32 Å². The Balaban J connectivity index is 0.000000180. The van der Waals surface area contributed by atoms with Gasteiger partial charge in [-0.15, -0.1) is 0 Å². The molecular weight excluding hydrogens is 135 g/mol. The minimum atomic E-state index is -2.17. The first-order chi connectivity index (χ1) is 4.73. The maximum atomic E-state index is 7.17. The zero-order chi connectivity index (χ0) is 7.82. The van der Waals surface area contributed by atoms with Gasteiger partial charge in [0.2, 0.25) is 0 Å². The highest BCUT2D eigenvalue weighted by atomic mass is 16.5. The summed E-state index contributed by atoms with van der Waals surface area (Å²) in [6.45, 7) is 0. The fourth-order valence-corrected chi connectivity index (χ4v) is 0.253. The third-order valence-electron chi connectivity index (χ3n) is 0.478. The number of hydrogen-bond donors (Lipinski definition) is 3. The van der Waals surface area contributed by atoms with Crippen molar-refractivity contribution in [3.63, 3.8) is 0 Å². The van der Waals surface area contributed by atoms with Crippen LogP contribution in [0.4, 0.5) is 0 Å². The molecule has 0 saturated heterocycles. The molecule has 0 amide bonds. The number of hydrogen-bond acceptors (Lipinski definition) is 5. The Hall–Kier alpha value is -0.975. The second kappa shape index (κ2) is 6.15. The Morgan fingerprint density at radius 1 is 1.00 bits per heavy atom. The number of nitrogens with zero attached hydrogens (tertiary/aromatic N) is 2. The Kier molecular flexibility index (Phi) is 5.55. The van der Waals surface area contributed by atoms with E-state index in [1.165, 1.54) is 6.33 Å². The van der Waals surface area contributed by atoms with Crippen LogP contribution >= 0.6 is 0 Å². The average Bonchev–Trinajstić information content (AvgIpc) is 1.90. The largest absolute Gasteiger partial charge is 0.631 e. The highest BCUT2D eigenvalue weighted by Crippen LogP contribution is 1.66. The van der Waals surface area contributed by atoms with E-state index in [0.717, 1.165) is 0 Å². The van der Waals surface area contributed by atoms with Crippen molar-refractivity contribution in [1.29, 1.82) is 0 Å². The van der Waals surface area contributed by atoms with Gasteiger partial charge in [-0.2, -0.15) is 0 Å². The number of rotatable bonds is 0. The van der Waals surface area contributed by atoms with Gasteiger partial charge in [-0.1, -0.05) is 0 Å². The molecule has 54 valence electrons. The molecular formula is C4H7BN2O3. The summed E-state index contributed by atoms with van der Waals surface area (Å²) >= 11 is 0. The molecule has 0 unspecified atom stereocenters. The summed E-state index contributed by atoms with van der Waals surface area (Å²) in [6.07, 6.45) is 4.88. The Labute approximate surface area is 58.2 Å². The van der Waals surface area contributed by atoms with Crippen molar-refractivity contribution in [2.45, 2.75) is 0 Å². The lowest BCUT2D eigenvalue weighted by Crippen LogP contribution is -2.07. The average molecular weight is 142 g/mol. The van der Waals surface area contributed by atoms with Crippen LogP contribution in [0.25, 0.3) is 0 Å². The first-order valence-corrected chi connectivity index (χ1v) is 2.47. The second-order valence-corrected chi connectivity index (χ2v) is 1.25. The first kappa shape index (κ1) is 9.02. The third kappa shape index (κ3) is 10.1. The van der Waals surface area contributed by atoms with Crippen LogP contribution in [0.5, 0.6) is 0 Å². The highest BCUT2D eigenvalue weighted by molar-refractivity contribution is 6.30. The van der Waals surface area contributed by atoms with E-state index in [4.69, 9.17) is 15.1 Å². The van der Waals surface area contributed by atoms with Gasteiger partial charge in [-0.05, 0) is 6.07 Å². The molecule has 0 fully saturated rings. The van der Waals surface area contributed by atoms with E-state index < -0.39 is 7.32 Å². The van der Waals surface area contributed by atoms with E-state index in [1.54, 1.807) is 18.5 Å². The van der Waals surface area contributed by atoms with Crippen LogP contribution in [-0.4, -0.2) is 32.4 Å². The van der Waals surface area contributed by atoms with Crippen molar-refractivity contribution in [3.8, 4) is 0 Å². The van der Waals surface area contributed by atoms with Gasteiger partial charge in [-0.25, -0.2) is 9.97 Å². The van der Waals surface area contributed by atoms with Crippen LogP contribution in [0.15, 0.2) is 24.8 Å². The molecule has 0 bridgehead atoms. The summed E-state index contributed by atoms with van der Waals surface area (Å²) in [5.41, 5.74) is 0. The molecule has 0 atom stereocenters. The van der Waals surface area contributed by atoms with Gasteiger partial charge in [0.1, 0.15) is 6.33 Å². The number of aromatic nitrogens is 2. The van der Waals surface area contributed by atoms with E-state index in [2.05, 4.69) is 9.97 Å². The van der Waals surface area contributed by atoms with Crippen LogP contribution in [0.1, 0.15) is 0 Å².